The van der Waals surface area contributed by atoms with Crippen molar-refractivity contribution in [1.82, 2.24) is 20.1 Å². The molecule has 0 spiro atoms. The maximum atomic E-state index is 12.3. The summed E-state index contributed by atoms with van der Waals surface area (Å²) in [6, 6.07) is 9.69. The Hall–Kier alpha value is -2.02. The predicted octanol–water partition coefficient (Wildman–Crippen LogP) is 4.16. The number of rotatable bonds is 11. The Labute approximate surface area is 172 Å². The molecule has 0 aliphatic carbocycles. The van der Waals surface area contributed by atoms with Gasteiger partial charge in [-0.15, -0.1) is 10.2 Å². The molecule has 28 heavy (non-hydrogen) atoms. The van der Waals surface area contributed by atoms with Crippen LogP contribution in [0, 0.1) is 11.8 Å². The van der Waals surface area contributed by atoms with E-state index in [0.29, 0.717) is 25.0 Å². The molecule has 1 aromatic carbocycles. The highest BCUT2D eigenvalue weighted by Crippen LogP contribution is 2.24. The fourth-order valence-electron chi connectivity index (χ4n) is 2.45. The van der Waals surface area contributed by atoms with Crippen LogP contribution >= 0.6 is 11.8 Å². The molecule has 1 amide bonds. The van der Waals surface area contributed by atoms with Crippen molar-refractivity contribution < 1.29 is 9.53 Å². The zero-order valence-corrected chi connectivity index (χ0v) is 18.3. The zero-order chi connectivity index (χ0) is 20.5. The van der Waals surface area contributed by atoms with Crippen LogP contribution in [0.2, 0.25) is 0 Å². The molecule has 2 aromatic rings. The van der Waals surface area contributed by atoms with Gasteiger partial charge in [0.05, 0.1) is 5.25 Å². The van der Waals surface area contributed by atoms with Gasteiger partial charge in [0.1, 0.15) is 12.4 Å². The van der Waals surface area contributed by atoms with E-state index in [1.54, 1.807) is 0 Å². The second kappa shape index (κ2) is 11.1. The second-order valence-corrected chi connectivity index (χ2v) is 9.04. The Morgan fingerprint density at radius 3 is 2.46 bits per heavy atom. The molecule has 0 aliphatic heterocycles. The van der Waals surface area contributed by atoms with E-state index < -0.39 is 0 Å². The standard InChI is InChI=1S/C21H32N4O2S/c1-15(2)11-12-25-19(14-27-18-9-7-6-8-10-18)23-24-21(25)28-17(5)20(26)22-13-16(3)4/h6-10,15-17H,11-14H2,1-5H3,(H,22,26). The number of hydrogen-bond acceptors (Lipinski definition) is 5. The summed E-state index contributed by atoms with van der Waals surface area (Å²) < 4.78 is 7.94. The van der Waals surface area contributed by atoms with Gasteiger partial charge in [0.25, 0.3) is 0 Å². The van der Waals surface area contributed by atoms with Crippen LogP contribution in [0.4, 0.5) is 0 Å². The fourth-order valence-corrected chi connectivity index (χ4v) is 3.37. The third-order valence-corrected chi connectivity index (χ3v) is 5.25. The number of ether oxygens (including phenoxy) is 1. The summed E-state index contributed by atoms with van der Waals surface area (Å²) in [7, 11) is 0. The minimum absolute atomic E-state index is 0.0270. The summed E-state index contributed by atoms with van der Waals surface area (Å²) in [5.74, 6) is 2.60. The maximum absolute atomic E-state index is 12.3. The minimum atomic E-state index is -0.233. The van der Waals surface area contributed by atoms with Gasteiger partial charge in [0, 0.05) is 13.1 Å². The van der Waals surface area contributed by atoms with Crippen LogP contribution in [0.1, 0.15) is 46.9 Å². The van der Waals surface area contributed by atoms with E-state index in [9.17, 15) is 4.79 Å². The molecule has 0 aliphatic rings. The van der Waals surface area contributed by atoms with Crippen molar-refractivity contribution in [3.05, 3.63) is 36.2 Å². The van der Waals surface area contributed by atoms with Gasteiger partial charge in [-0.05, 0) is 37.3 Å². The summed E-state index contributed by atoms with van der Waals surface area (Å²) >= 11 is 1.45. The van der Waals surface area contributed by atoms with Crippen LogP contribution in [-0.4, -0.2) is 32.5 Å². The minimum Gasteiger partial charge on any atom is -0.486 e. The van der Waals surface area contributed by atoms with Crippen molar-refractivity contribution in [3.63, 3.8) is 0 Å². The SMILES string of the molecule is CC(C)CCn1c(COc2ccccc2)nnc1SC(C)C(=O)NCC(C)C. The summed E-state index contributed by atoms with van der Waals surface area (Å²) in [5, 5.41) is 12.2. The molecule has 7 heteroatoms. The number of benzene rings is 1. The Kier molecular flexibility index (Phi) is 8.83. The summed E-state index contributed by atoms with van der Waals surface area (Å²) in [4.78, 5) is 12.3. The van der Waals surface area contributed by atoms with Crippen LogP contribution in [0.5, 0.6) is 5.75 Å². The number of amides is 1. The third-order valence-electron chi connectivity index (χ3n) is 4.17. The molecule has 2 rings (SSSR count). The first-order chi connectivity index (χ1) is 13.4. The number of carbonyl (C=O) groups is 1. The molecule has 6 nitrogen and oxygen atoms in total. The lowest BCUT2D eigenvalue weighted by Gasteiger charge is -2.15. The maximum Gasteiger partial charge on any atom is 0.233 e. The van der Waals surface area contributed by atoms with Crippen molar-refractivity contribution in [2.75, 3.05) is 6.54 Å². The Morgan fingerprint density at radius 2 is 1.82 bits per heavy atom. The number of aromatic nitrogens is 3. The summed E-state index contributed by atoms with van der Waals surface area (Å²) in [6.07, 6.45) is 1.01. The van der Waals surface area contributed by atoms with Crippen molar-refractivity contribution in [1.29, 1.82) is 0 Å². The fraction of sp³-hybridized carbons (Fsp3) is 0.571. The van der Waals surface area contributed by atoms with Crippen LogP contribution in [-0.2, 0) is 17.9 Å². The van der Waals surface area contributed by atoms with Gasteiger partial charge >= 0.3 is 0 Å². The first-order valence-electron chi connectivity index (χ1n) is 9.91. The van der Waals surface area contributed by atoms with Gasteiger partial charge in [0.2, 0.25) is 5.91 Å². The Bertz CT molecular complexity index is 731. The first kappa shape index (κ1) is 22.3. The normalized spacial score (nSPS) is 12.4. The molecule has 1 N–H and O–H groups in total. The van der Waals surface area contributed by atoms with E-state index >= 15 is 0 Å². The molecule has 0 radical (unpaired) electrons. The lowest BCUT2D eigenvalue weighted by molar-refractivity contribution is -0.120. The van der Waals surface area contributed by atoms with Gasteiger partial charge in [-0.3, -0.25) is 4.79 Å². The molecule has 1 heterocycles. The number of hydrogen-bond donors (Lipinski definition) is 1. The van der Waals surface area contributed by atoms with Gasteiger partial charge < -0.3 is 14.6 Å². The average Bonchev–Trinajstić information content (AvgIpc) is 3.04. The monoisotopic (exact) mass is 404 g/mol. The number of carbonyl (C=O) groups excluding carboxylic acids is 1. The largest absolute Gasteiger partial charge is 0.486 e. The van der Waals surface area contributed by atoms with Gasteiger partial charge in [-0.2, -0.15) is 0 Å². The van der Waals surface area contributed by atoms with E-state index in [0.717, 1.165) is 29.7 Å². The van der Waals surface area contributed by atoms with Crippen LogP contribution in [0.15, 0.2) is 35.5 Å². The third kappa shape index (κ3) is 7.19. The molecule has 0 bridgehead atoms. The molecule has 1 unspecified atom stereocenters. The summed E-state index contributed by atoms with van der Waals surface area (Å²) in [6.45, 7) is 12.3. The van der Waals surface area contributed by atoms with Gasteiger partial charge in [-0.1, -0.05) is 57.7 Å². The number of nitrogens with zero attached hydrogens (tertiary/aromatic N) is 3. The lowest BCUT2D eigenvalue weighted by Crippen LogP contribution is -2.33. The Balaban J connectivity index is 2.07. The van der Waals surface area contributed by atoms with E-state index in [2.05, 4.69) is 47.8 Å². The molecule has 154 valence electrons. The van der Waals surface area contributed by atoms with Crippen LogP contribution < -0.4 is 10.1 Å². The van der Waals surface area contributed by atoms with E-state index in [1.165, 1.54) is 11.8 Å². The van der Waals surface area contributed by atoms with Crippen molar-refractivity contribution in [2.45, 2.75) is 64.6 Å². The molecule has 0 saturated carbocycles. The molecule has 0 saturated heterocycles. The van der Waals surface area contributed by atoms with Gasteiger partial charge in [0.15, 0.2) is 11.0 Å². The quantitative estimate of drug-likeness (QED) is 0.570. The zero-order valence-electron chi connectivity index (χ0n) is 17.5. The average molecular weight is 405 g/mol. The topological polar surface area (TPSA) is 69.0 Å². The van der Waals surface area contributed by atoms with E-state index in [-0.39, 0.29) is 11.2 Å². The Morgan fingerprint density at radius 1 is 1.11 bits per heavy atom. The highest BCUT2D eigenvalue weighted by atomic mass is 32.2. The van der Waals surface area contributed by atoms with Crippen molar-refractivity contribution >= 4 is 17.7 Å². The molecular formula is C21H32N4O2S. The summed E-state index contributed by atoms with van der Waals surface area (Å²) in [5.41, 5.74) is 0. The highest BCUT2D eigenvalue weighted by molar-refractivity contribution is 8.00. The van der Waals surface area contributed by atoms with Crippen LogP contribution in [0.3, 0.4) is 0 Å². The number of para-hydroxylation sites is 1. The predicted molar refractivity (Wildman–Crippen MR) is 113 cm³/mol. The molecule has 1 atom stereocenters. The lowest BCUT2D eigenvalue weighted by atomic mass is 10.1. The first-order valence-corrected chi connectivity index (χ1v) is 10.8. The van der Waals surface area contributed by atoms with Crippen molar-refractivity contribution in [2.24, 2.45) is 11.8 Å². The highest BCUT2D eigenvalue weighted by Gasteiger charge is 2.20. The van der Waals surface area contributed by atoms with Crippen LogP contribution in [0.25, 0.3) is 0 Å². The van der Waals surface area contributed by atoms with Gasteiger partial charge in [-0.25, -0.2) is 0 Å². The molecular weight excluding hydrogens is 372 g/mol. The van der Waals surface area contributed by atoms with E-state index in [4.69, 9.17) is 4.74 Å². The molecule has 1 aromatic heterocycles. The van der Waals surface area contributed by atoms with Crippen molar-refractivity contribution in [3.8, 4) is 5.75 Å². The van der Waals surface area contributed by atoms with E-state index in [1.807, 2.05) is 37.3 Å². The number of thioether (sulfide) groups is 1. The smallest absolute Gasteiger partial charge is 0.233 e. The second-order valence-electron chi connectivity index (χ2n) is 7.73. The number of nitrogens with one attached hydrogen (secondary N) is 1. The molecule has 0 fully saturated rings.